The summed E-state index contributed by atoms with van der Waals surface area (Å²) in [5.41, 5.74) is 0. The summed E-state index contributed by atoms with van der Waals surface area (Å²) in [6.45, 7) is 3.50. The van der Waals surface area contributed by atoms with Crippen molar-refractivity contribution in [1.29, 1.82) is 0 Å². The van der Waals surface area contributed by atoms with Gasteiger partial charge in [0.1, 0.15) is 4.32 Å². The van der Waals surface area contributed by atoms with Crippen molar-refractivity contribution in [1.82, 2.24) is 4.90 Å². The van der Waals surface area contributed by atoms with Crippen LogP contribution in [0.1, 0.15) is 39.0 Å². The Balaban J connectivity index is 2.15. The number of hydrogen-bond acceptors (Lipinski definition) is 3. The number of rotatable bonds is 7. The van der Waals surface area contributed by atoms with Crippen molar-refractivity contribution in [3.8, 4) is 0 Å². The molecule has 0 radical (unpaired) electrons. The van der Waals surface area contributed by atoms with E-state index >= 15 is 0 Å². The molecule has 2 nitrogen and oxygen atoms in total. The first-order valence-electron chi connectivity index (χ1n) is 5.83. The minimum absolute atomic E-state index is 0.238. The topological polar surface area (TPSA) is 23.5 Å². The summed E-state index contributed by atoms with van der Waals surface area (Å²) < 4.78 is 0.976. The largest absolute Gasteiger partial charge is 0.394 e. The molecule has 0 bridgehead atoms. The molecule has 0 amide bonds. The molecule has 4 heteroatoms. The zero-order valence-corrected chi connectivity index (χ0v) is 11.1. The maximum absolute atomic E-state index is 9.18. The average molecular weight is 247 g/mol. The van der Waals surface area contributed by atoms with Gasteiger partial charge in [0.2, 0.25) is 0 Å². The summed E-state index contributed by atoms with van der Waals surface area (Å²) >= 11 is 6.97. The first-order chi connectivity index (χ1) is 7.29. The van der Waals surface area contributed by atoms with Gasteiger partial charge in [0, 0.05) is 12.3 Å². The third-order valence-electron chi connectivity index (χ3n) is 2.79. The molecule has 1 aliphatic rings. The zero-order chi connectivity index (χ0) is 11.1. The van der Waals surface area contributed by atoms with E-state index in [1.54, 1.807) is 11.8 Å². The van der Waals surface area contributed by atoms with Gasteiger partial charge < -0.3 is 10.0 Å². The summed E-state index contributed by atoms with van der Waals surface area (Å²) in [6, 6.07) is 0.272. The summed E-state index contributed by atoms with van der Waals surface area (Å²) in [6.07, 6.45) is 6.45. The Morgan fingerprint density at radius 2 is 2.13 bits per heavy atom. The summed E-state index contributed by atoms with van der Waals surface area (Å²) in [4.78, 5) is 2.20. The van der Waals surface area contributed by atoms with Crippen LogP contribution in [0.5, 0.6) is 0 Å². The van der Waals surface area contributed by atoms with Gasteiger partial charge in [-0.2, -0.15) is 0 Å². The minimum Gasteiger partial charge on any atom is -0.394 e. The third-order valence-corrected chi connectivity index (χ3v) is 4.41. The fraction of sp³-hybridized carbons (Fsp3) is 0.909. The van der Waals surface area contributed by atoms with Crippen LogP contribution in [-0.4, -0.2) is 39.3 Å². The highest BCUT2D eigenvalue weighted by Gasteiger charge is 2.27. The van der Waals surface area contributed by atoms with Crippen LogP contribution < -0.4 is 0 Å². The summed E-state index contributed by atoms with van der Waals surface area (Å²) in [5, 5.41) is 9.18. The van der Waals surface area contributed by atoms with Gasteiger partial charge in [-0.3, -0.25) is 0 Å². The molecule has 1 heterocycles. The van der Waals surface area contributed by atoms with E-state index in [-0.39, 0.29) is 12.6 Å². The number of hydrogen-bond donors (Lipinski definition) is 1. The van der Waals surface area contributed by atoms with Crippen molar-refractivity contribution in [2.24, 2.45) is 0 Å². The van der Waals surface area contributed by atoms with Crippen LogP contribution in [0, 0.1) is 0 Å². The molecule has 1 unspecified atom stereocenters. The number of thioether (sulfide) groups is 1. The maximum atomic E-state index is 9.18. The second-order valence-corrected chi connectivity index (χ2v) is 5.67. The predicted molar refractivity (Wildman–Crippen MR) is 71.4 cm³/mol. The van der Waals surface area contributed by atoms with Crippen LogP contribution in [0.3, 0.4) is 0 Å². The normalized spacial score (nSPS) is 21.3. The van der Waals surface area contributed by atoms with E-state index in [1.165, 1.54) is 32.1 Å². The highest BCUT2D eigenvalue weighted by atomic mass is 32.2. The molecule has 0 aromatic rings. The average Bonchev–Trinajstić information content (AvgIpc) is 2.60. The van der Waals surface area contributed by atoms with E-state index in [4.69, 9.17) is 12.2 Å². The molecule has 1 rings (SSSR count). The molecule has 0 spiro atoms. The van der Waals surface area contributed by atoms with Gasteiger partial charge in [-0.05, 0) is 6.42 Å². The van der Waals surface area contributed by atoms with E-state index in [0.29, 0.717) is 0 Å². The Bertz CT molecular complexity index is 199. The molecule has 88 valence electrons. The van der Waals surface area contributed by atoms with E-state index in [0.717, 1.165) is 16.6 Å². The third kappa shape index (κ3) is 4.29. The standard InChI is InChI=1S/C11H21NOS2/c1-2-3-4-5-6-7-12-10(8-13)9-15-11(12)14/h10,13H,2-9H2,1H3. The van der Waals surface area contributed by atoms with Gasteiger partial charge in [-0.1, -0.05) is 56.6 Å². The molecule has 1 saturated heterocycles. The Hall–Kier alpha value is 0.200. The minimum atomic E-state index is 0.238. The van der Waals surface area contributed by atoms with Gasteiger partial charge in [-0.15, -0.1) is 0 Å². The van der Waals surface area contributed by atoms with Crippen molar-refractivity contribution in [3.63, 3.8) is 0 Å². The molecule has 1 N–H and O–H groups in total. The molecule has 0 saturated carbocycles. The van der Waals surface area contributed by atoms with Gasteiger partial charge in [0.25, 0.3) is 0 Å². The van der Waals surface area contributed by atoms with Crippen molar-refractivity contribution in [2.45, 2.75) is 45.1 Å². The lowest BCUT2D eigenvalue weighted by atomic mass is 10.1. The molecule has 0 aromatic heterocycles. The molecule has 1 fully saturated rings. The molecule has 1 atom stereocenters. The van der Waals surface area contributed by atoms with Gasteiger partial charge in [0.15, 0.2) is 0 Å². The molecule has 0 aliphatic carbocycles. The first kappa shape index (κ1) is 13.3. The summed E-state index contributed by atoms with van der Waals surface area (Å²) in [7, 11) is 0. The maximum Gasteiger partial charge on any atom is 0.136 e. The fourth-order valence-corrected chi connectivity index (χ4v) is 3.27. The lowest BCUT2D eigenvalue weighted by Crippen LogP contribution is -2.36. The Labute approximate surface area is 102 Å². The van der Waals surface area contributed by atoms with Crippen LogP contribution >= 0.6 is 24.0 Å². The van der Waals surface area contributed by atoms with Crippen LogP contribution in [0.15, 0.2) is 0 Å². The number of thiocarbonyl (C=S) groups is 1. The van der Waals surface area contributed by atoms with Crippen molar-refractivity contribution < 1.29 is 5.11 Å². The molecule has 1 aliphatic heterocycles. The quantitative estimate of drug-likeness (QED) is 0.552. The van der Waals surface area contributed by atoms with Crippen LogP contribution in [-0.2, 0) is 0 Å². The van der Waals surface area contributed by atoms with Gasteiger partial charge in [0.05, 0.1) is 12.6 Å². The highest BCUT2D eigenvalue weighted by molar-refractivity contribution is 8.23. The van der Waals surface area contributed by atoms with E-state index < -0.39 is 0 Å². The predicted octanol–water partition coefficient (Wildman–Crippen LogP) is 2.65. The molecule has 0 aromatic carbocycles. The lowest BCUT2D eigenvalue weighted by Gasteiger charge is -2.23. The Morgan fingerprint density at radius 3 is 2.80 bits per heavy atom. The fourth-order valence-electron chi connectivity index (χ4n) is 1.80. The molecular formula is C11H21NOS2. The lowest BCUT2D eigenvalue weighted by molar-refractivity contribution is 0.200. The van der Waals surface area contributed by atoms with Crippen LogP contribution in [0.4, 0.5) is 0 Å². The molecule has 15 heavy (non-hydrogen) atoms. The first-order valence-corrected chi connectivity index (χ1v) is 7.23. The second-order valence-electron chi connectivity index (χ2n) is 4.02. The van der Waals surface area contributed by atoms with Gasteiger partial charge in [-0.25, -0.2) is 0 Å². The van der Waals surface area contributed by atoms with Crippen molar-refractivity contribution >= 4 is 28.3 Å². The highest BCUT2D eigenvalue weighted by Crippen LogP contribution is 2.24. The van der Waals surface area contributed by atoms with Gasteiger partial charge >= 0.3 is 0 Å². The van der Waals surface area contributed by atoms with Crippen molar-refractivity contribution in [3.05, 3.63) is 0 Å². The van der Waals surface area contributed by atoms with Crippen molar-refractivity contribution in [2.75, 3.05) is 18.9 Å². The summed E-state index contributed by atoms with van der Waals surface area (Å²) in [5.74, 6) is 0.963. The van der Waals surface area contributed by atoms with Crippen LogP contribution in [0.2, 0.25) is 0 Å². The number of nitrogens with zero attached hydrogens (tertiary/aromatic N) is 1. The van der Waals surface area contributed by atoms with E-state index in [9.17, 15) is 5.11 Å². The SMILES string of the molecule is CCCCCCCN1C(=S)SCC1CO. The number of aliphatic hydroxyl groups excluding tert-OH is 1. The van der Waals surface area contributed by atoms with E-state index in [1.807, 2.05) is 0 Å². The Kier molecular flexibility index (Phi) is 6.61. The monoisotopic (exact) mass is 247 g/mol. The Morgan fingerprint density at radius 1 is 1.40 bits per heavy atom. The number of unbranched alkanes of at least 4 members (excludes halogenated alkanes) is 4. The molecular weight excluding hydrogens is 226 g/mol. The van der Waals surface area contributed by atoms with E-state index in [2.05, 4.69) is 11.8 Å². The second kappa shape index (κ2) is 7.47. The van der Waals surface area contributed by atoms with Crippen LogP contribution in [0.25, 0.3) is 0 Å². The number of aliphatic hydroxyl groups is 1. The zero-order valence-electron chi connectivity index (χ0n) is 9.45. The smallest absolute Gasteiger partial charge is 0.136 e.